The van der Waals surface area contributed by atoms with E-state index in [4.69, 9.17) is 4.74 Å². The Bertz CT molecular complexity index is 1110. The zero-order valence-electron chi connectivity index (χ0n) is 16.1. The number of benzene rings is 2. The number of Topliss-reactive ketones (excluding diaryl/α,β-unsaturated/α-hetero) is 2. The molecule has 0 amide bonds. The van der Waals surface area contributed by atoms with Crippen molar-refractivity contribution in [1.82, 2.24) is 4.98 Å². The van der Waals surface area contributed by atoms with Crippen molar-refractivity contribution >= 4 is 28.3 Å². The zero-order chi connectivity index (χ0) is 20.6. The van der Waals surface area contributed by atoms with E-state index in [-0.39, 0.29) is 22.8 Å². The van der Waals surface area contributed by atoms with Crippen LogP contribution in [0.1, 0.15) is 56.3 Å². The van der Waals surface area contributed by atoms with Crippen LogP contribution < -0.4 is 0 Å². The number of hydrogen-bond donors (Lipinski definition) is 2. The number of carbonyl (C=O) groups excluding carboxylic acids is 3. The van der Waals surface area contributed by atoms with Crippen LogP contribution in [0.25, 0.3) is 10.8 Å². The second-order valence-electron chi connectivity index (χ2n) is 6.78. The molecule has 28 heavy (non-hydrogen) atoms. The monoisotopic (exact) mass is 379 g/mol. The maximum absolute atomic E-state index is 12.7. The van der Waals surface area contributed by atoms with Gasteiger partial charge in [-0.3, -0.25) is 9.59 Å². The molecule has 0 saturated heterocycles. The van der Waals surface area contributed by atoms with Crippen molar-refractivity contribution in [1.29, 1.82) is 0 Å². The van der Waals surface area contributed by atoms with Gasteiger partial charge in [-0.15, -0.1) is 0 Å². The van der Waals surface area contributed by atoms with Crippen LogP contribution in [0, 0.1) is 13.8 Å². The molecule has 0 spiro atoms. The minimum Gasteiger partial charge on any atom is -0.506 e. The maximum Gasteiger partial charge on any atom is 0.342 e. The maximum atomic E-state index is 12.7. The Morgan fingerprint density at radius 3 is 2.39 bits per heavy atom. The summed E-state index contributed by atoms with van der Waals surface area (Å²) in [5, 5.41) is 11.7. The molecule has 6 heteroatoms. The van der Waals surface area contributed by atoms with Crippen LogP contribution in [0.5, 0.6) is 5.75 Å². The largest absolute Gasteiger partial charge is 0.506 e. The third-order valence-electron chi connectivity index (χ3n) is 4.81. The summed E-state index contributed by atoms with van der Waals surface area (Å²) in [5.74, 6) is -1.57. The van der Waals surface area contributed by atoms with Crippen LogP contribution in [-0.4, -0.2) is 33.7 Å². The van der Waals surface area contributed by atoms with Crippen molar-refractivity contribution in [3.05, 3.63) is 64.5 Å². The Balaban J connectivity index is 1.85. The number of aromatic nitrogens is 1. The van der Waals surface area contributed by atoms with Crippen molar-refractivity contribution in [2.24, 2.45) is 0 Å². The molecular weight excluding hydrogens is 358 g/mol. The smallest absolute Gasteiger partial charge is 0.342 e. The van der Waals surface area contributed by atoms with Gasteiger partial charge in [-0.05, 0) is 44.7 Å². The molecule has 0 aliphatic heterocycles. The first-order chi connectivity index (χ1) is 13.2. The van der Waals surface area contributed by atoms with Gasteiger partial charge in [-0.25, -0.2) is 4.79 Å². The third-order valence-corrected chi connectivity index (χ3v) is 4.81. The van der Waals surface area contributed by atoms with E-state index < -0.39 is 17.9 Å². The summed E-state index contributed by atoms with van der Waals surface area (Å²) < 4.78 is 5.29. The van der Waals surface area contributed by atoms with Gasteiger partial charge in [0, 0.05) is 16.6 Å². The molecule has 3 rings (SSSR count). The van der Waals surface area contributed by atoms with Crippen LogP contribution in [0.15, 0.2) is 36.4 Å². The van der Waals surface area contributed by atoms with Gasteiger partial charge in [0.2, 0.25) is 5.78 Å². The molecule has 6 nitrogen and oxygen atoms in total. The lowest BCUT2D eigenvalue weighted by Gasteiger charge is -2.13. The van der Waals surface area contributed by atoms with Crippen molar-refractivity contribution in [3.63, 3.8) is 0 Å². The summed E-state index contributed by atoms with van der Waals surface area (Å²) in [6.07, 6.45) is -1.09. The Kier molecular flexibility index (Phi) is 5.05. The highest BCUT2D eigenvalue weighted by atomic mass is 16.5. The second-order valence-corrected chi connectivity index (χ2v) is 6.78. The summed E-state index contributed by atoms with van der Waals surface area (Å²) in [4.78, 5) is 39.9. The molecule has 0 radical (unpaired) electrons. The molecule has 0 aliphatic carbocycles. The van der Waals surface area contributed by atoms with E-state index in [1.165, 1.54) is 19.9 Å². The predicted molar refractivity (Wildman–Crippen MR) is 105 cm³/mol. The fourth-order valence-electron chi connectivity index (χ4n) is 3.43. The Hall–Kier alpha value is -3.41. The Morgan fingerprint density at radius 1 is 1.07 bits per heavy atom. The van der Waals surface area contributed by atoms with E-state index in [0.29, 0.717) is 22.2 Å². The van der Waals surface area contributed by atoms with Crippen LogP contribution >= 0.6 is 0 Å². The normalized spacial score (nSPS) is 12.0. The van der Waals surface area contributed by atoms with Gasteiger partial charge in [0.15, 0.2) is 11.9 Å². The van der Waals surface area contributed by atoms with E-state index in [1.807, 2.05) is 12.1 Å². The number of carbonyl (C=O) groups is 3. The first-order valence-electron chi connectivity index (χ1n) is 8.88. The number of hydrogen-bond acceptors (Lipinski definition) is 5. The summed E-state index contributed by atoms with van der Waals surface area (Å²) in [7, 11) is 0. The van der Waals surface area contributed by atoms with Crippen molar-refractivity contribution in [2.45, 2.75) is 33.8 Å². The molecule has 1 atom stereocenters. The number of ether oxygens (including phenoxy) is 1. The van der Waals surface area contributed by atoms with Crippen molar-refractivity contribution in [3.8, 4) is 5.75 Å². The summed E-state index contributed by atoms with van der Waals surface area (Å²) in [5.41, 5.74) is 1.83. The van der Waals surface area contributed by atoms with Gasteiger partial charge >= 0.3 is 5.97 Å². The third kappa shape index (κ3) is 3.29. The van der Waals surface area contributed by atoms with Crippen LogP contribution in [0.4, 0.5) is 0 Å². The molecule has 0 saturated carbocycles. The summed E-state index contributed by atoms with van der Waals surface area (Å²) >= 11 is 0. The molecule has 3 aromatic rings. The number of rotatable bonds is 5. The fraction of sp³-hybridized carbons (Fsp3) is 0.227. The molecule has 1 aromatic heterocycles. The van der Waals surface area contributed by atoms with Gasteiger partial charge in [-0.2, -0.15) is 0 Å². The molecule has 1 heterocycles. The number of H-pyrrole nitrogens is 1. The van der Waals surface area contributed by atoms with Gasteiger partial charge in [-0.1, -0.05) is 30.3 Å². The molecule has 2 aromatic carbocycles. The standard InChI is InChI=1S/C22H21NO5/c1-11-18(13(3)24)12(2)23-19(11)20(25)14(4)28-22(27)17-10-9-15-7-5-6-8-16(15)21(17)26/h5-10,14,23,26H,1-4H3/t14-/m1/s1. The van der Waals surface area contributed by atoms with E-state index in [1.54, 1.807) is 32.0 Å². The number of phenols is 1. The van der Waals surface area contributed by atoms with Gasteiger partial charge in [0.25, 0.3) is 0 Å². The average molecular weight is 379 g/mol. The molecule has 0 bridgehead atoms. The number of nitrogens with one attached hydrogen (secondary N) is 1. The number of aryl methyl sites for hydroxylation is 1. The summed E-state index contributed by atoms with van der Waals surface area (Å²) in [6, 6.07) is 10.3. The number of fused-ring (bicyclic) bond motifs is 1. The van der Waals surface area contributed by atoms with Crippen LogP contribution in [0.3, 0.4) is 0 Å². The van der Waals surface area contributed by atoms with Gasteiger partial charge in [0.1, 0.15) is 11.3 Å². The first-order valence-corrected chi connectivity index (χ1v) is 8.88. The zero-order valence-corrected chi connectivity index (χ0v) is 16.1. The lowest BCUT2D eigenvalue weighted by Crippen LogP contribution is -2.25. The molecule has 0 aliphatic rings. The molecule has 0 unspecified atom stereocenters. The molecule has 0 fully saturated rings. The lowest BCUT2D eigenvalue weighted by atomic mass is 10.0. The quantitative estimate of drug-likeness (QED) is 0.513. The highest BCUT2D eigenvalue weighted by Crippen LogP contribution is 2.29. The van der Waals surface area contributed by atoms with E-state index in [9.17, 15) is 19.5 Å². The highest BCUT2D eigenvalue weighted by molar-refractivity contribution is 6.06. The van der Waals surface area contributed by atoms with E-state index in [0.717, 1.165) is 5.39 Å². The highest BCUT2D eigenvalue weighted by Gasteiger charge is 2.27. The lowest BCUT2D eigenvalue weighted by molar-refractivity contribution is 0.0314. The topological polar surface area (TPSA) is 96.5 Å². The number of aromatic hydroxyl groups is 1. The molecule has 144 valence electrons. The average Bonchev–Trinajstić information content (AvgIpc) is 2.95. The van der Waals surface area contributed by atoms with E-state index >= 15 is 0 Å². The fourth-order valence-corrected chi connectivity index (χ4v) is 3.43. The first kappa shape index (κ1) is 19.4. The van der Waals surface area contributed by atoms with Crippen molar-refractivity contribution in [2.75, 3.05) is 0 Å². The van der Waals surface area contributed by atoms with Crippen LogP contribution in [0.2, 0.25) is 0 Å². The Morgan fingerprint density at radius 2 is 1.75 bits per heavy atom. The summed E-state index contributed by atoms with van der Waals surface area (Å²) in [6.45, 7) is 6.28. The number of phenolic OH excluding ortho intramolecular Hbond substituents is 1. The van der Waals surface area contributed by atoms with Gasteiger partial charge < -0.3 is 14.8 Å². The van der Waals surface area contributed by atoms with Gasteiger partial charge in [0.05, 0.1) is 5.69 Å². The number of aromatic amines is 1. The molecule has 2 N–H and O–H groups in total. The Labute approximate surface area is 162 Å². The minimum absolute atomic E-state index is 0.0119. The molecular formula is C22H21NO5. The minimum atomic E-state index is -1.09. The number of esters is 1. The predicted octanol–water partition coefficient (Wildman–Crippen LogP) is 4.12. The van der Waals surface area contributed by atoms with Crippen molar-refractivity contribution < 1.29 is 24.2 Å². The SMILES string of the molecule is CC(=O)c1c(C)[nH]c(C(=O)[C@@H](C)OC(=O)c2ccc3ccccc3c2O)c1C. The van der Waals surface area contributed by atoms with E-state index in [2.05, 4.69) is 4.98 Å². The van der Waals surface area contributed by atoms with Crippen LogP contribution in [-0.2, 0) is 4.74 Å². The second kappa shape index (κ2) is 7.31. The number of ketones is 2.